The number of carbonyl (C=O) groups excluding carboxylic acids is 1. The molecule has 0 aromatic heterocycles. The van der Waals surface area contributed by atoms with Crippen LogP contribution < -0.4 is 4.90 Å². The molecule has 200 valence electrons. The minimum atomic E-state index is -4.89. The van der Waals surface area contributed by atoms with E-state index in [1.54, 1.807) is 12.1 Å². The Labute approximate surface area is 219 Å². The number of aliphatic hydroxyl groups is 1. The highest BCUT2D eigenvalue weighted by Crippen LogP contribution is 2.39. The summed E-state index contributed by atoms with van der Waals surface area (Å²) in [6.07, 6.45) is -1.49. The van der Waals surface area contributed by atoms with Gasteiger partial charge in [-0.25, -0.2) is 0 Å². The summed E-state index contributed by atoms with van der Waals surface area (Å²) in [5.74, 6) is 0.0879. The molecule has 3 rings (SSSR count). The van der Waals surface area contributed by atoms with Crippen LogP contribution in [-0.2, 0) is 14.3 Å². The first kappa shape index (κ1) is 29.0. The third kappa shape index (κ3) is 7.95. The Morgan fingerprint density at radius 2 is 1.81 bits per heavy atom. The second-order valence-electron chi connectivity index (χ2n) is 8.73. The molecule has 10 heteroatoms. The van der Waals surface area contributed by atoms with E-state index in [4.69, 9.17) is 14.6 Å². The fourth-order valence-corrected chi connectivity index (χ4v) is 5.03. The zero-order chi connectivity index (χ0) is 26.8. The van der Waals surface area contributed by atoms with E-state index in [9.17, 15) is 23.2 Å². The topological polar surface area (TPSA) is 82.8 Å². The van der Waals surface area contributed by atoms with Gasteiger partial charge in [0.15, 0.2) is 0 Å². The summed E-state index contributed by atoms with van der Waals surface area (Å²) in [4.78, 5) is 14.9. The van der Waals surface area contributed by atoms with E-state index in [1.807, 2.05) is 12.1 Å². The molecule has 1 saturated heterocycles. The van der Waals surface area contributed by atoms with Crippen LogP contribution in [0.5, 0.6) is 0 Å². The number of hydrogen-bond donors (Lipinski definition) is 1. The van der Waals surface area contributed by atoms with Gasteiger partial charge in [-0.05, 0) is 60.7 Å². The van der Waals surface area contributed by atoms with Crippen LogP contribution in [0.3, 0.4) is 0 Å². The van der Waals surface area contributed by atoms with Gasteiger partial charge >= 0.3 is 6.18 Å². The highest BCUT2D eigenvalue weighted by Gasteiger charge is 2.39. The normalized spacial score (nSPS) is 17.0. The summed E-state index contributed by atoms with van der Waals surface area (Å²) in [6.45, 7) is 3.77. The van der Waals surface area contributed by atoms with Crippen LogP contribution in [0.1, 0.15) is 31.7 Å². The number of carbonyl (C=O) groups is 1. The molecule has 0 aliphatic carbocycles. The van der Waals surface area contributed by atoms with Crippen molar-refractivity contribution in [1.82, 2.24) is 0 Å². The summed E-state index contributed by atoms with van der Waals surface area (Å²) in [5.41, 5.74) is -1.35. The number of allylic oxidation sites excluding steroid dienone is 1. The van der Waals surface area contributed by atoms with Crippen LogP contribution in [0, 0.1) is 11.3 Å². The standard InChI is InChI=1S/C27H31F3N2O4S/c1-19-4-2-3-9-32(19)23-8-7-20-16-22(6-5-21(20)17-23)25(27(28,29)30)24(18-31)26(34)37-15-14-36-13-12-35-11-10-33/h5-8,16-17,19,33H,2-4,9-15H2,1H3/b25-24-. The van der Waals surface area contributed by atoms with E-state index in [0.29, 0.717) is 23.2 Å². The first-order chi connectivity index (χ1) is 17.8. The number of nitrogens with zero attached hydrogens (tertiary/aromatic N) is 2. The largest absolute Gasteiger partial charge is 0.418 e. The first-order valence-corrected chi connectivity index (χ1v) is 13.2. The lowest BCUT2D eigenvalue weighted by Gasteiger charge is -2.35. The lowest BCUT2D eigenvalue weighted by molar-refractivity contribution is -0.108. The lowest BCUT2D eigenvalue weighted by Crippen LogP contribution is -2.37. The maximum atomic E-state index is 14.1. The Morgan fingerprint density at radius 3 is 2.49 bits per heavy atom. The van der Waals surface area contributed by atoms with Gasteiger partial charge in [0.1, 0.15) is 11.6 Å². The third-order valence-corrected chi connectivity index (χ3v) is 7.00. The first-order valence-electron chi connectivity index (χ1n) is 12.2. The van der Waals surface area contributed by atoms with Crippen molar-refractivity contribution in [1.29, 1.82) is 5.26 Å². The summed E-state index contributed by atoms with van der Waals surface area (Å²) < 4.78 is 52.6. The molecule has 0 spiro atoms. The number of hydrogen-bond acceptors (Lipinski definition) is 7. The number of ether oxygens (including phenoxy) is 2. The average Bonchev–Trinajstić information content (AvgIpc) is 2.87. The molecule has 0 bridgehead atoms. The Morgan fingerprint density at radius 1 is 1.11 bits per heavy atom. The fraction of sp³-hybridized carbons (Fsp3) is 0.481. The van der Waals surface area contributed by atoms with Crippen molar-refractivity contribution in [3.05, 3.63) is 47.5 Å². The van der Waals surface area contributed by atoms with Crippen molar-refractivity contribution in [3.63, 3.8) is 0 Å². The van der Waals surface area contributed by atoms with E-state index in [2.05, 4.69) is 11.8 Å². The van der Waals surface area contributed by atoms with Crippen LogP contribution in [0.15, 0.2) is 42.0 Å². The van der Waals surface area contributed by atoms with Gasteiger partial charge in [0, 0.05) is 24.0 Å². The van der Waals surface area contributed by atoms with Gasteiger partial charge in [0.25, 0.3) is 0 Å². The molecule has 1 N–H and O–H groups in total. The zero-order valence-corrected chi connectivity index (χ0v) is 21.5. The molecule has 2 aromatic carbocycles. The van der Waals surface area contributed by atoms with Gasteiger partial charge in [-0.1, -0.05) is 30.0 Å². The van der Waals surface area contributed by atoms with Gasteiger partial charge < -0.3 is 19.5 Å². The number of alkyl halides is 3. The monoisotopic (exact) mass is 536 g/mol. The van der Waals surface area contributed by atoms with Crippen LogP contribution in [0.2, 0.25) is 0 Å². The summed E-state index contributed by atoms with van der Waals surface area (Å²) in [7, 11) is 0. The molecule has 37 heavy (non-hydrogen) atoms. The summed E-state index contributed by atoms with van der Waals surface area (Å²) in [6, 6.07) is 11.9. The Balaban J connectivity index is 1.78. The number of rotatable bonds is 11. The van der Waals surface area contributed by atoms with Crippen LogP contribution in [-0.4, -0.2) is 67.8 Å². The predicted octanol–water partition coefficient (Wildman–Crippen LogP) is 5.34. The lowest BCUT2D eigenvalue weighted by atomic mass is 9.96. The maximum Gasteiger partial charge on any atom is 0.418 e. The number of fused-ring (bicyclic) bond motifs is 1. The maximum absolute atomic E-state index is 14.1. The number of aliphatic hydroxyl groups excluding tert-OH is 1. The Kier molecular flexibility index (Phi) is 10.8. The molecule has 1 aliphatic rings. The third-order valence-electron chi connectivity index (χ3n) is 6.16. The van der Waals surface area contributed by atoms with Gasteiger partial charge in [-0.3, -0.25) is 4.79 Å². The molecule has 1 unspecified atom stereocenters. The molecule has 0 radical (unpaired) electrons. The number of piperidine rings is 1. The van der Waals surface area contributed by atoms with Crippen LogP contribution in [0.4, 0.5) is 18.9 Å². The van der Waals surface area contributed by atoms with Gasteiger partial charge in [-0.15, -0.1) is 0 Å². The Bertz CT molecular complexity index is 1150. The number of benzene rings is 2. The van der Waals surface area contributed by atoms with E-state index >= 15 is 0 Å². The van der Waals surface area contributed by atoms with Gasteiger partial charge in [-0.2, -0.15) is 18.4 Å². The SMILES string of the molecule is CC1CCCCN1c1ccc2cc(/C(=C(\C#N)C(=O)SCCOCCOCCO)C(F)(F)F)ccc2c1. The van der Waals surface area contributed by atoms with E-state index in [1.165, 1.54) is 24.6 Å². The molecule has 0 saturated carbocycles. The van der Waals surface area contributed by atoms with Gasteiger partial charge in [0.05, 0.1) is 38.6 Å². The minimum absolute atomic E-state index is 0.0879. The molecular weight excluding hydrogens is 505 g/mol. The van der Waals surface area contributed by atoms with Gasteiger partial charge in [0.2, 0.25) is 5.12 Å². The predicted molar refractivity (Wildman–Crippen MR) is 139 cm³/mol. The van der Waals surface area contributed by atoms with Crippen molar-refractivity contribution in [3.8, 4) is 6.07 Å². The molecule has 1 fully saturated rings. The minimum Gasteiger partial charge on any atom is -0.394 e. The fourth-order valence-electron chi connectivity index (χ4n) is 4.35. The van der Waals surface area contributed by atoms with Crippen molar-refractivity contribution < 1.29 is 32.5 Å². The van der Waals surface area contributed by atoms with Crippen molar-refractivity contribution in [2.75, 3.05) is 50.2 Å². The molecule has 6 nitrogen and oxygen atoms in total. The molecule has 0 amide bonds. The Hall–Kier alpha value is -2.58. The van der Waals surface area contributed by atoms with Crippen molar-refractivity contribution in [2.24, 2.45) is 0 Å². The molecular formula is C27H31F3N2O4S. The van der Waals surface area contributed by atoms with Crippen LogP contribution in [0.25, 0.3) is 16.3 Å². The van der Waals surface area contributed by atoms with Crippen molar-refractivity contribution in [2.45, 2.75) is 38.4 Å². The second-order valence-corrected chi connectivity index (χ2v) is 9.80. The van der Waals surface area contributed by atoms with E-state index < -0.39 is 22.4 Å². The van der Waals surface area contributed by atoms with Crippen LogP contribution >= 0.6 is 11.8 Å². The number of nitriles is 1. The smallest absolute Gasteiger partial charge is 0.394 e. The molecule has 1 atom stereocenters. The highest BCUT2D eigenvalue weighted by atomic mass is 32.2. The average molecular weight is 537 g/mol. The summed E-state index contributed by atoms with van der Waals surface area (Å²) >= 11 is 0.607. The highest BCUT2D eigenvalue weighted by molar-refractivity contribution is 8.14. The number of anilines is 1. The quantitative estimate of drug-likeness (QED) is 0.236. The molecule has 1 heterocycles. The van der Waals surface area contributed by atoms with Crippen molar-refractivity contribution >= 4 is 38.9 Å². The van der Waals surface area contributed by atoms with E-state index in [0.717, 1.165) is 30.5 Å². The zero-order valence-electron chi connectivity index (χ0n) is 20.7. The molecule has 1 aliphatic heterocycles. The van der Waals surface area contributed by atoms with E-state index in [-0.39, 0.29) is 44.4 Å². The number of thioether (sulfide) groups is 1. The second kappa shape index (κ2) is 13.8. The number of halogens is 3. The molecule has 2 aromatic rings. The summed E-state index contributed by atoms with van der Waals surface area (Å²) in [5, 5.41) is 18.6.